The molecule has 128 valence electrons. The van der Waals surface area contributed by atoms with Gasteiger partial charge in [0.2, 0.25) is 5.91 Å². The van der Waals surface area contributed by atoms with E-state index in [0.717, 1.165) is 34.0 Å². The first-order valence-electron chi connectivity index (χ1n) is 7.52. The van der Waals surface area contributed by atoms with Gasteiger partial charge in [-0.2, -0.15) is 0 Å². The van der Waals surface area contributed by atoms with Gasteiger partial charge in [-0.3, -0.25) is 4.79 Å². The van der Waals surface area contributed by atoms with E-state index in [2.05, 4.69) is 21.2 Å². The normalized spacial score (nSPS) is 18.2. The Bertz CT molecular complexity index is 749. The van der Waals surface area contributed by atoms with Crippen LogP contribution in [0.3, 0.4) is 0 Å². The van der Waals surface area contributed by atoms with Gasteiger partial charge in [-0.05, 0) is 60.7 Å². The third kappa shape index (κ3) is 3.63. The van der Waals surface area contributed by atoms with Crippen molar-refractivity contribution in [2.75, 3.05) is 0 Å². The average molecular weight is 414 g/mol. The summed E-state index contributed by atoms with van der Waals surface area (Å²) in [5.41, 5.74) is 7.83. The van der Waals surface area contributed by atoms with Gasteiger partial charge in [0.1, 0.15) is 11.4 Å². The minimum Gasteiger partial charge on any atom is -0.347 e. The highest BCUT2D eigenvalue weighted by Crippen LogP contribution is 2.32. The van der Waals surface area contributed by atoms with Gasteiger partial charge in [0.25, 0.3) is 0 Å². The molecule has 3 rings (SSSR count). The van der Waals surface area contributed by atoms with Crippen molar-refractivity contribution >= 4 is 34.2 Å². The van der Waals surface area contributed by atoms with Crippen molar-refractivity contribution in [3.8, 4) is 0 Å². The smallest absolute Gasteiger partial charge is 0.244 e. The zero-order valence-electron chi connectivity index (χ0n) is 13.2. The number of halogens is 3. The first kappa shape index (κ1) is 18.9. The van der Waals surface area contributed by atoms with E-state index in [1.165, 1.54) is 12.1 Å². The van der Waals surface area contributed by atoms with Crippen LogP contribution in [0.25, 0.3) is 0 Å². The van der Waals surface area contributed by atoms with Crippen LogP contribution >= 0.6 is 28.3 Å². The summed E-state index contributed by atoms with van der Waals surface area (Å²) in [5, 5.41) is 3.01. The van der Waals surface area contributed by atoms with Crippen molar-refractivity contribution < 1.29 is 9.18 Å². The molecule has 24 heavy (non-hydrogen) atoms. The Balaban J connectivity index is 0.00000208. The van der Waals surface area contributed by atoms with Crippen LogP contribution in [0, 0.1) is 5.82 Å². The maximum Gasteiger partial charge on any atom is 0.244 e. The summed E-state index contributed by atoms with van der Waals surface area (Å²) < 4.78 is 14.2. The molecule has 2 aromatic carbocycles. The van der Waals surface area contributed by atoms with Gasteiger partial charge in [-0.1, -0.05) is 34.1 Å². The molecule has 3 nitrogen and oxygen atoms in total. The Hall–Kier alpha value is -1.43. The standard InChI is InChI=1S/C18H18BrFN2O.ClH/c1-18(21,12-3-5-13(19)6-4-12)17(23)22-16-9-2-11-10-14(20)7-8-15(11)16;/h3-8,10,16H,2,9,21H2,1H3,(H,22,23);1H. The number of rotatable bonds is 3. The van der Waals surface area contributed by atoms with Crippen LogP contribution in [0.2, 0.25) is 0 Å². The van der Waals surface area contributed by atoms with E-state index in [1.54, 1.807) is 13.0 Å². The van der Waals surface area contributed by atoms with Crippen molar-refractivity contribution in [1.29, 1.82) is 0 Å². The molecule has 0 radical (unpaired) electrons. The Morgan fingerprint density at radius 1 is 1.29 bits per heavy atom. The summed E-state index contributed by atoms with van der Waals surface area (Å²) in [4.78, 5) is 12.7. The molecule has 1 aliphatic rings. The van der Waals surface area contributed by atoms with Crippen molar-refractivity contribution in [1.82, 2.24) is 5.32 Å². The lowest BCUT2D eigenvalue weighted by Crippen LogP contribution is -2.49. The quantitative estimate of drug-likeness (QED) is 0.799. The highest BCUT2D eigenvalue weighted by atomic mass is 79.9. The molecule has 0 aliphatic heterocycles. The molecule has 1 aliphatic carbocycles. The molecular formula is C18H19BrClFN2O. The summed E-state index contributed by atoms with van der Waals surface area (Å²) >= 11 is 3.37. The number of carbonyl (C=O) groups is 1. The Kier molecular flexibility index (Phi) is 5.68. The average Bonchev–Trinajstić information content (AvgIpc) is 2.89. The summed E-state index contributed by atoms with van der Waals surface area (Å²) in [6.45, 7) is 1.70. The van der Waals surface area contributed by atoms with Crippen LogP contribution in [0.1, 0.15) is 36.1 Å². The molecule has 0 fully saturated rings. The second-order valence-electron chi connectivity index (χ2n) is 6.12. The lowest BCUT2D eigenvalue weighted by Gasteiger charge is -2.26. The number of fused-ring (bicyclic) bond motifs is 1. The minimum atomic E-state index is -1.12. The van der Waals surface area contributed by atoms with Crippen LogP contribution in [0.15, 0.2) is 46.9 Å². The zero-order chi connectivity index (χ0) is 16.6. The third-order valence-electron chi connectivity index (χ3n) is 4.40. The fourth-order valence-electron chi connectivity index (χ4n) is 2.97. The molecule has 2 aromatic rings. The van der Waals surface area contributed by atoms with E-state index < -0.39 is 5.54 Å². The Morgan fingerprint density at radius 3 is 2.62 bits per heavy atom. The molecule has 0 spiro atoms. The van der Waals surface area contributed by atoms with E-state index in [0.29, 0.717) is 0 Å². The molecule has 0 bridgehead atoms. The van der Waals surface area contributed by atoms with Crippen molar-refractivity contribution in [2.45, 2.75) is 31.3 Å². The second kappa shape index (κ2) is 7.21. The molecular weight excluding hydrogens is 395 g/mol. The number of benzene rings is 2. The van der Waals surface area contributed by atoms with Gasteiger partial charge in [0.05, 0.1) is 6.04 Å². The number of hydrogen-bond donors (Lipinski definition) is 2. The van der Waals surface area contributed by atoms with Gasteiger partial charge in [-0.15, -0.1) is 12.4 Å². The Labute approximate surface area is 155 Å². The van der Waals surface area contributed by atoms with E-state index in [9.17, 15) is 9.18 Å². The second-order valence-corrected chi connectivity index (χ2v) is 7.03. The molecule has 2 atom stereocenters. The van der Waals surface area contributed by atoms with Crippen molar-refractivity contribution in [3.63, 3.8) is 0 Å². The van der Waals surface area contributed by atoms with E-state index >= 15 is 0 Å². The molecule has 2 unspecified atom stereocenters. The SMILES string of the molecule is CC(N)(C(=O)NC1CCc2cc(F)ccc21)c1ccc(Br)cc1.Cl. The van der Waals surface area contributed by atoms with Crippen molar-refractivity contribution in [3.05, 3.63) is 69.4 Å². The van der Waals surface area contributed by atoms with Crippen molar-refractivity contribution in [2.24, 2.45) is 5.73 Å². The Morgan fingerprint density at radius 2 is 1.96 bits per heavy atom. The largest absolute Gasteiger partial charge is 0.347 e. The monoisotopic (exact) mass is 412 g/mol. The summed E-state index contributed by atoms with van der Waals surface area (Å²) in [7, 11) is 0. The fraction of sp³-hybridized carbons (Fsp3) is 0.278. The van der Waals surface area contributed by atoms with Crippen LogP contribution in [-0.2, 0) is 16.8 Å². The number of aryl methyl sites for hydroxylation is 1. The van der Waals surface area contributed by atoms with Gasteiger partial charge in [0, 0.05) is 4.47 Å². The number of nitrogens with two attached hydrogens (primary N) is 1. The predicted octanol–water partition coefficient (Wildman–Crippen LogP) is 3.99. The third-order valence-corrected chi connectivity index (χ3v) is 4.93. The number of carbonyl (C=O) groups excluding carboxylic acids is 1. The molecule has 0 aromatic heterocycles. The van der Waals surface area contributed by atoms with E-state index in [4.69, 9.17) is 5.73 Å². The predicted molar refractivity (Wildman–Crippen MR) is 98.5 cm³/mol. The lowest BCUT2D eigenvalue weighted by molar-refractivity contribution is -0.126. The van der Waals surface area contributed by atoms with Gasteiger partial charge in [-0.25, -0.2) is 4.39 Å². The highest BCUT2D eigenvalue weighted by molar-refractivity contribution is 9.10. The summed E-state index contributed by atoms with van der Waals surface area (Å²) in [6, 6.07) is 12.0. The van der Waals surface area contributed by atoms with Gasteiger partial charge >= 0.3 is 0 Å². The lowest BCUT2D eigenvalue weighted by atomic mass is 9.91. The first-order chi connectivity index (χ1) is 10.9. The molecule has 6 heteroatoms. The molecule has 0 saturated heterocycles. The fourth-order valence-corrected chi connectivity index (χ4v) is 3.24. The number of nitrogens with one attached hydrogen (secondary N) is 1. The van der Waals surface area contributed by atoms with Gasteiger partial charge in [0.15, 0.2) is 0 Å². The molecule has 1 amide bonds. The molecule has 0 heterocycles. The van der Waals surface area contributed by atoms with Crippen LogP contribution < -0.4 is 11.1 Å². The maximum atomic E-state index is 13.3. The maximum absolute atomic E-state index is 13.3. The first-order valence-corrected chi connectivity index (χ1v) is 8.31. The highest BCUT2D eigenvalue weighted by Gasteiger charge is 2.34. The minimum absolute atomic E-state index is 0. The van der Waals surface area contributed by atoms with E-state index in [1.807, 2.05) is 24.3 Å². The molecule has 0 saturated carbocycles. The van der Waals surface area contributed by atoms with Crippen LogP contribution in [0.4, 0.5) is 4.39 Å². The van der Waals surface area contributed by atoms with Crippen LogP contribution in [-0.4, -0.2) is 5.91 Å². The topological polar surface area (TPSA) is 55.1 Å². The van der Waals surface area contributed by atoms with Crippen LogP contribution in [0.5, 0.6) is 0 Å². The number of amides is 1. The zero-order valence-corrected chi connectivity index (χ0v) is 15.6. The summed E-state index contributed by atoms with van der Waals surface area (Å²) in [5.74, 6) is -0.476. The summed E-state index contributed by atoms with van der Waals surface area (Å²) in [6.07, 6.45) is 1.53. The number of hydrogen-bond acceptors (Lipinski definition) is 2. The molecule has 3 N–H and O–H groups in total. The van der Waals surface area contributed by atoms with Gasteiger partial charge < -0.3 is 11.1 Å². The van der Waals surface area contributed by atoms with E-state index in [-0.39, 0.29) is 30.2 Å².